The van der Waals surface area contributed by atoms with Crippen LogP contribution in [0.5, 0.6) is 5.75 Å². The van der Waals surface area contributed by atoms with Crippen LogP contribution in [0, 0.1) is 13.8 Å². The second-order valence-corrected chi connectivity index (χ2v) is 5.92. The molecule has 0 aliphatic heterocycles. The second kappa shape index (κ2) is 8.03. The minimum absolute atomic E-state index is 0.0521. The zero-order chi connectivity index (χ0) is 16.0. The molecule has 0 unspecified atom stereocenters. The number of rotatable bonds is 7. The van der Waals surface area contributed by atoms with Gasteiger partial charge in [0.2, 0.25) is 0 Å². The Morgan fingerprint density at radius 2 is 1.71 bits per heavy atom. The van der Waals surface area contributed by atoms with E-state index in [0.29, 0.717) is 6.04 Å². The summed E-state index contributed by atoms with van der Waals surface area (Å²) in [6.45, 7) is 12.7. The average molecular weight is 293 g/mol. The molecule has 0 aliphatic carbocycles. The molecule has 0 bridgehead atoms. The zero-order valence-corrected chi connectivity index (χ0v) is 13.9. The van der Waals surface area contributed by atoms with Gasteiger partial charge < -0.3 is 14.8 Å². The molecule has 1 N–H and O–H groups in total. The van der Waals surface area contributed by atoms with Crippen molar-refractivity contribution < 1.29 is 14.3 Å². The summed E-state index contributed by atoms with van der Waals surface area (Å²) in [4.78, 5) is 11.5. The first-order chi connectivity index (χ1) is 9.79. The molecular weight excluding hydrogens is 266 g/mol. The number of ether oxygens (including phenoxy) is 2. The molecule has 0 spiro atoms. The van der Waals surface area contributed by atoms with Crippen LogP contribution in [-0.4, -0.2) is 24.7 Å². The molecule has 21 heavy (non-hydrogen) atoms. The van der Waals surface area contributed by atoms with Gasteiger partial charge in [0.15, 0.2) is 6.61 Å². The minimum atomic E-state index is -0.339. The maximum absolute atomic E-state index is 11.5. The number of carbonyl (C=O) groups is 1. The van der Waals surface area contributed by atoms with Crippen LogP contribution in [0.2, 0.25) is 0 Å². The summed E-state index contributed by atoms with van der Waals surface area (Å²) in [5, 5.41) is 3.39. The molecule has 4 heteroatoms. The normalized spacial score (nSPS) is 11.0. The van der Waals surface area contributed by atoms with Crippen LogP contribution < -0.4 is 10.1 Å². The molecule has 4 nitrogen and oxygen atoms in total. The number of esters is 1. The van der Waals surface area contributed by atoms with Crippen molar-refractivity contribution in [3.05, 3.63) is 28.8 Å². The van der Waals surface area contributed by atoms with Gasteiger partial charge in [-0.2, -0.15) is 0 Å². The summed E-state index contributed by atoms with van der Waals surface area (Å²) < 4.78 is 10.7. The topological polar surface area (TPSA) is 47.6 Å². The number of hydrogen-bond donors (Lipinski definition) is 1. The van der Waals surface area contributed by atoms with E-state index >= 15 is 0 Å². The number of nitrogens with one attached hydrogen (secondary N) is 1. The molecule has 0 saturated heterocycles. The molecule has 0 aliphatic rings. The third kappa shape index (κ3) is 6.17. The molecule has 118 valence electrons. The summed E-state index contributed by atoms with van der Waals surface area (Å²) in [5.74, 6) is 0.429. The van der Waals surface area contributed by atoms with Crippen molar-refractivity contribution in [2.24, 2.45) is 0 Å². The predicted molar refractivity (Wildman–Crippen MR) is 84.6 cm³/mol. The fraction of sp³-hybridized carbons (Fsp3) is 0.588. The van der Waals surface area contributed by atoms with Gasteiger partial charge in [0.05, 0.1) is 6.10 Å². The molecule has 1 aromatic rings. The van der Waals surface area contributed by atoms with E-state index in [-0.39, 0.29) is 18.7 Å². The van der Waals surface area contributed by atoms with Gasteiger partial charge >= 0.3 is 5.97 Å². The van der Waals surface area contributed by atoms with Gasteiger partial charge in [-0.25, -0.2) is 4.79 Å². The Kier molecular flexibility index (Phi) is 6.69. The molecule has 0 atom stereocenters. The fourth-order valence-electron chi connectivity index (χ4n) is 2.12. The van der Waals surface area contributed by atoms with Gasteiger partial charge in [0.1, 0.15) is 5.75 Å². The Labute approximate surface area is 127 Å². The van der Waals surface area contributed by atoms with E-state index in [9.17, 15) is 4.79 Å². The van der Waals surface area contributed by atoms with E-state index in [1.165, 1.54) is 5.56 Å². The largest absolute Gasteiger partial charge is 0.481 e. The van der Waals surface area contributed by atoms with Gasteiger partial charge in [0, 0.05) is 12.6 Å². The highest BCUT2D eigenvalue weighted by atomic mass is 16.6. The van der Waals surface area contributed by atoms with Gasteiger partial charge in [-0.05, 0) is 44.4 Å². The number of carbonyl (C=O) groups excluding carboxylic acids is 1. The van der Waals surface area contributed by atoms with Crippen molar-refractivity contribution in [2.45, 2.75) is 60.2 Å². The third-order valence-electron chi connectivity index (χ3n) is 2.94. The van der Waals surface area contributed by atoms with Crippen molar-refractivity contribution in [1.82, 2.24) is 5.32 Å². The second-order valence-electron chi connectivity index (χ2n) is 5.92. The molecule has 1 aromatic carbocycles. The molecule has 1 rings (SSSR count). The van der Waals surface area contributed by atoms with Crippen LogP contribution in [0.3, 0.4) is 0 Å². The van der Waals surface area contributed by atoms with Gasteiger partial charge in [-0.3, -0.25) is 0 Å². The van der Waals surface area contributed by atoms with Crippen molar-refractivity contribution in [1.29, 1.82) is 0 Å². The number of benzene rings is 1. The van der Waals surface area contributed by atoms with Crippen molar-refractivity contribution in [3.63, 3.8) is 0 Å². The van der Waals surface area contributed by atoms with Gasteiger partial charge in [-0.1, -0.05) is 26.0 Å². The molecule has 0 heterocycles. The summed E-state index contributed by atoms with van der Waals surface area (Å²) in [6, 6.07) is 4.63. The fourth-order valence-corrected chi connectivity index (χ4v) is 2.12. The third-order valence-corrected chi connectivity index (χ3v) is 2.94. The summed E-state index contributed by atoms with van der Waals surface area (Å²) in [6.07, 6.45) is -0.118. The van der Waals surface area contributed by atoms with Crippen LogP contribution in [-0.2, 0) is 16.1 Å². The average Bonchev–Trinajstić information content (AvgIpc) is 2.34. The highest BCUT2D eigenvalue weighted by Crippen LogP contribution is 2.25. The maximum Gasteiger partial charge on any atom is 0.344 e. The molecule has 0 amide bonds. The van der Waals surface area contributed by atoms with Gasteiger partial charge in [0.25, 0.3) is 0 Å². The Morgan fingerprint density at radius 3 is 2.19 bits per heavy atom. The van der Waals surface area contributed by atoms with Crippen LogP contribution in [0.15, 0.2) is 12.1 Å². The van der Waals surface area contributed by atoms with Crippen molar-refractivity contribution in [3.8, 4) is 5.75 Å². The minimum Gasteiger partial charge on any atom is -0.481 e. The van der Waals surface area contributed by atoms with E-state index in [1.807, 2.05) is 27.7 Å². The summed E-state index contributed by atoms with van der Waals surface area (Å²) >= 11 is 0. The Hall–Kier alpha value is -1.55. The van der Waals surface area contributed by atoms with Crippen LogP contribution in [0.25, 0.3) is 0 Å². The van der Waals surface area contributed by atoms with E-state index in [0.717, 1.165) is 23.4 Å². The molecule has 0 radical (unpaired) electrons. The van der Waals surface area contributed by atoms with Crippen LogP contribution in [0.1, 0.15) is 44.4 Å². The molecule has 0 saturated carbocycles. The molecular formula is C17H27NO3. The molecule has 0 aromatic heterocycles. The van der Waals surface area contributed by atoms with E-state index < -0.39 is 0 Å². The maximum atomic E-state index is 11.5. The first-order valence-electron chi connectivity index (χ1n) is 7.45. The lowest BCUT2D eigenvalue weighted by molar-refractivity contribution is -0.149. The predicted octanol–water partition coefficient (Wildman–Crippen LogP) is 3.13. The van der Waals surface area contributed by atoms with Gasteiger partial charge in [-0.15, -0.1) is 0 Å². The lowest BCUT2D eigenvalue weighted by Gasteiger charge is -2.15. The lowest BCUT2D eigenvalue weighted by atomic mass is 10.1. The Bertz CT molecular complexity index is 458. The summed E-state index contributed by atoms with van der Waals surface area (Å²) in [5.41, 5.74) is 3.29. The van der Waals surface area contributed by atoms with Crippen LogP contribution >= 0.6 is 0 Å². The monoisotopic (exact) mass is 293 g/mol. The zero-order valence-electron chi connectivity index (χ0n) is 13.9. The number of hydrogen-bond acceptors (Lipinski definition) is 4. The first kappa shape index (κ1) is 17.5. The highest BCUT2D eigenvalue weighted by molar-refractivity contribution is 5.71. The van der Waals surface area contributed by atoms with E-state index in [4.69, 9.17) is 9.47 Å². The van der Waals surface area contributed by atoms with Crippen molar-refractivity contribution in [2.75, 3.05) is 6.61 Å². The smallest absolute Gasteiger partial charge is 0.344 e. The summed E-state index contributed by atoms with van der Waals surface area (Å²) in [7, 11) is 0. The van der Waals surface area contributed by atoms with E-state index in [2.05, 4.69) is 31.3 Å². The lowest BCUT2D eigenvalue weighted by Crippen LogP contribution is -2.22. The van der Waals surface area contributed by atoms with Crippen molar-refractivity contribution >= 4 is 5.97 Å². The Morgan fingerprint density at radius 1 is 1.14 bits per heavy atom. The number of aryl methyl sites for hydroxylation is 2. The SMILES string of the molecule is Cc1cc(CNC(C)C)cc(C)c1OCC(=O)OC(C)C. The highest BCUT2D eigenvalue weighted by Gasteiger charge is 2.11. The first-order valence-corrected chi connectivity index (χ1v) is 7.45. The molecule has 0 fully saturated rings. The standard InChI is InChI=1S/C17H27NO3/c1-11(2)18-9-15-7-13(5)17(14(6)8-15)20-10-16(19)21-12(3)4/h7-8,11-12,18H,9-10H2,1-6H3. The Balaban J connectivity index is 2.69. The van der Waals surface area contributed by atoms with E-state index in [1.54, 1.807) is 0 Å². The van der Waals surface area contributed by atoms with Crippen LogP contribution in [0.4, 0.5) is 0 Å². The quantitative estimate of drug-likeness (QED) is 0.785.